The number of amides is 4. The molecule has 56 heavy (non-hydrogen) atoms. The summed E-state index contributed by atoms with van der Waals surface area (Å²) in [5.74, 6) is -2.20. The van der Waals surface area contributed by atoms with Crippen LogP contribution in [0.1, 0.15) is 33.6 Å². The highest BCUT2D eigenvalue weighted by Crippen LogP contribution is 2.32. The Morgan fingerprint density at radius 1 is 0.589 bits per heavy atom. The number of anilines is 1. The van der Waals surface area contributed by atoms with Crippen molar-refractivity contribution in [3.63, 3.8) is 0 Å². The minimum atomic E-state index is -3.78. The van der Waals surface area contributed by atoms with Gasteiger partial charge in [0.2, 0.25) is 11.8 Å². The van der Waals surface area contributed by atoms with Crippen LogP contribution in [0.5, 0.6) is 0 Å². The summed E-state index contributed by atoms with van der Waals surface area (Å²) in [6.07, 6.45) is 0.156. The van der Waals surface area contributed by atoms with Crippen molar-refractivity contribution in [3.05, 3.63) is 59.7 Å². The van der Waals surface area contributed by atoms with Crippen molar-refractivity contribution in [1.82, 2.24) is 10.2 Å². The van der Waals surface area contributed by atoms with Gasteiger partial charge >= 0.3 is 0 Å². The second-order valence-electron chi connectivity index (χ2n) is 12.1. The van der Waals surface area contributed by atoms with Gasteiger partial charge in [-0.1, -0.05) is 24.3 Å². The molecule has 18 nitrogen and oxygen atoms in total. The molecule has 0 bridgehead atoms. The fourth-order valence-electron chi connectivity index (χ4n) is 5.42. The maximum atomic E-state index is 13.2. The zero-order valence-electron chi connectivity index (χ0n) is 31.3. The van der Waals surface area contributed by atoms with Gasteiger partial charge in [0.1, 0.15) is 6.04 Å². The molecule has 2 aromatic carbocycles. The van der Waals surface area contributed by atoms with Gasteiger partial charge in [-0.25, -0.2) is 0 Å². The number of carbonyl (C=O) groups excluding carboxylic acids is 4. The predicted molar refractivity (Wildman–Crippen MR) is 198 cm³/mol. The average Bonchev–Trinajstić information content (AvgIpc) is 3.45. The monoisotopic (exact) mass is 809 g/mol. The standard InChI is InChI=1S/C37H51N3O15S/c41-33-10-9-32(35(42)39-33)40-36(43)30-7-4-8-31(34(30)37(40)44)38-11-12-47-13-14-48-15-16-49-17-18-50-19-20-51-21-22-52-23-24-53-25-26-54-27-28-55-56(45,46)29-5-2-1-3-6-29/h1-8,32,38H,9-28H2,(H,39,41,42). The molecule has 19 heteroatoms. The first-order valence-electron chi connectivity index (χ1n) is 18.4. The van der Waals surface area contributed by atoms with Crippen LogP contribution in [-0.2, 0) is 61.8 Å². The SMILES string of the molecule is O=C1CCC(N2C(=O)c3cccc(NCCOCCOCCOCCOCCOCCOCCOCCOCCOS(=O)(=O)c4ccccc4)c3C2=O)C(=O)N1. The summed E-state index contributed by atoms with van der Waals surface area (Å²) in [6, 6.07) is 11.8. The molecule has 4 rings (SSSR count). The van der Waals surface area contributed by atoms with E-state index in [1.807, 2.05) is 0 Å². The third-order valence-electron chi connectivity index (χ3n) is 8.13. The van der Waals surface area contributed by atoms with Crippen molar-refractivity contribution in [2.24, 2.45) is 0 Å². The topological polar surface area (TPSA) is 213 Å². The molecular formula is C37H51N3O15S. The molecule has 1 fully saturated rings. The molecule has 2 aliphatic rings. The molecule has 310 valence electrons. The minimum Gasteiger partial charge on any atom is -0.382 e. The highest BCUT2D eigenvalue weighted by Gasteiger charge is 2.45. The van der Waals surface area contributed by atoms with Gasteiger partial charge < -0.3 is 43.2 Å². The Hall–Kier alpha value is -3.89. The van der Waals surface area contributed by atoms with E-state index in [4.69, 9.17) is 42.1 Å². The van der Waals surface area contributed by atoms with Gasteiger partial charge in [-0.3, -0.25) is 33.6 Å². The van der Waals surface area contributed by atoms with Gasteiger partial charge in [-0.2, -0.15) is 8.42 Å². The lowest BCUT2D eigenvalue weighted by molar-refractivity contribution is -0.136. The first-order valence-corrected chi connectivity index (χ1v) is 19.9. The van der Waals surface area contributed by atoms with E-state index in [0.717, 1.165) is 4.90 Å². The molecule has 2 aliphatic heterocycles. The first kappa shape index (κ1) is 44.8. The van der Waals surface area contributed by atoms with Gasteiger partial charge in [0.25, 0.3) is 21.9 Å². The van der Waals surface area contributed by atoms with Crippen LogP contribution in [0.4, 0.5) is 5.69 Å². The quantitative estimate of drug-likeness (QED) is 0.0619. The van der Waals surface area contributed by atoms with E-state index in [9.17, 15) is 27.6 Å². The molecule has 0 radical (unpaired) electrons. The Labute approximate surface area is 326 Å². The maximum Gasteiger partial charge on any atom is 0.297 e. The van der Waals surface area contributed by atoms with Crippen molar-refractivity contribution in [1.29, 1.82) is 0 Å². The van der Waals surface area contributed by atoms with Crippen molar-refractivity contribution in [2.45, 2.75) is 23.8 Å². The van der Waals surface area contributed by atoms with Gasteiger partial charge in [0, 0.05) is 18.7 Å². The summed E-state index contributed by atoms with van der Waals surface area (Å²) in [6.45, 7) is 6.33. The van der Waals surface area contributed by atoms with Gasteiger partial charge in [0.05, 0.1) is 128 Å². The fourth-order valence-corrected chi connectivity index (χ4v) is 6.33. The summed E-state index contributed by atoms with van der Waals surface area (Å²) in [5.41, 5.74) is 0.882. The molecule has 1 saturated heterocycles. The van der Waals surface area contributed by atoms with Gasteiger partial charge in [-0.05, 0) is 30.7 Å². The number of rotatable bonds is 31. The van der Waals surface area contributed by atoms with Crippen LogP contribution in [0, 0.1) is 0 Å². The van der Waals surface area contributed by atoms with E-state index in [1.54, 1.807) is 36.4 Å². The molecule has 4 amide bonds. The first-order chi connectivity index (χ1) is 27.3. The van der Waals surface area contributed by atoms with E-state index in [2.05, 4.69) is 10.6 Å². The summed E-state index contributed by atoms with van der Waals surface area (Å²) < 4.78 is 72.6. The number of ether oxygens (including phenoxy) is 8. The molecule has 0 aliphatic carbocycles. The van der Waals surface area contributed by atoms with E-state index in [1.165, 1.54) is 12.1 Å². The number of imide groups is 2. The number of carbonyl (C=O) groups is 4. The van der Waals surface area contributed by atoms with Crippen LogP contribution in [-0.4, -0.2) is 162 Å². The molecule has 1 unspecified atom stereocenters. The van der Waals surface area contributed by atoms with Crippen molar-refractivity contribution in [3.8, 4) is 0 Å². The van der Waals surface area contributed by atoms with Crippen molar-refractivity contribution in [2.75, 3.05) is 124 Å². The van der Waals surface area contributed by atoms with Crippen LogP contribution >= 0.6 is 0 Å². The number of nitrogens with one attached hydrogen (secondary N) is 2. The predicted octanol–water partition coefficient (Wildman–Crippen LogP) is 1.04. The Kier molecular flexibility index (Phi) is 20.3. The van der Waals surface area contributed by atoms with Crippen LogP contribution < -0.4 is 10.6 Å². The number of benzene rings is 2. The summed E-state index contributed by atoms with van der Waals surface area (Å²) in [4.78, 5) is 51.0. The number of nitrogens with zero attached hydrogens (tertiary/aromatic N) is 1. The lowest BCUT2D eigenvalue weighted by atomic mass is 10.0. The van der Waals surface area contributed by atoms with Crippen LogP contribution in [0.3, 0.4) is 0 Å². The van der Waals surface area contributed by atoms with Gasteiger partial charge in [0.15, 0.2) is 0 Å². The molecule has 2 N–H and O–H groups in total. The number of fused-ring (bicyclic) bond motifs is 1. The number of hydrogen-bond acceptors (Lipinski definition) is 16. The normalized spacial score (nSPS) is 15.7. The number of hydrogen-bond donors (Lipinski definition) is 2. The number of piperidine rings is 1. The minimum absolute atomic E-state index is 0.0592. The molecule has 0 aromatic heterocycles. The summed E-state index contributed by atoms with van der Waals surface area (Å²) in [7, 11) is -3.78. The maximum absolute atomic E-state index is 13.2. The van der Waals surface area contributed by atoms with Crippen molar-refractivity contribution < 1.29 is 69.7 Å². The van der Waals surface area contributed by atoms with Gasteiger partial charge in [-0.15, -0.1) is 0 Å². The third kappa shape index (κ3) is 15.2. The third-order valence-corrected chi connectivity index (χ3v) is 9.46. The smallest absolute Gasteiger partial charge is 0.297 e. The largest absolute Gasteiger partial charge is 0.382 e. The second-order valence-corrected chi connectivity index (χ2v) is 13.7. The molecule has 0 spiro atoms. The average molecular weight is 810 g/mol. The van der Waals surface area contributed by atoms with Crippen LogP contribution in [0.15, 0.2) is 53.4 Å². The van der Waals surface area contributed by atoms with Crippen LogP contribution in [0.25, 0.3) is 0 Å². The lowest BCUT2D eigenvalue weighted by Gasteiger charge is -2.27. The Balaban J connectivity index is 0.857. The molecule has 0 saturated carbocycles. The molecule has 2 aromatic rings. The second kappa shape index (κ2) is 25.4. The van der Waals surface area contributed by atoms with Crippen LogP contribution in [0.2, 0.25) is 0 Å². The molecule has 2 heterocycles. The Bertz CT molecular complexity index is 1630. The molecule has 1 atom stereocenters. The highest BCUT2D eigenvalue weighted by atomic mass is 32.2. The fraction of sp³-hybridized carbons (Fsp3) is 0.568. The zero-order chi connectivity index (χ0) is 39.9. The lowest BCUT2D eigenvalue weighted by Crippen LogP contribution is -2.54. The molecular weight excluding hydrogens is 758 g/mol. The zero-order valence-corrected chi connectivity index (χ0v) is 32.1. The Morgan fingerprint density at radius 3 is 1.57 bits per heavy atom. The Morgan fingerprint density at radius 2 is 1.07 bits per heavy atom. The summed E-state index contributed by atoms with van der Waals surface area (Å²) >= 11 is 0. The van der Waals surface area contributed by atoms with Crippen molar-refractivity contribution >= 4 is 39.4 Å². The highest BCUT2D eigenvalue weighted by molar-refractivity contribution is 7.86. The van der Waals surface area contributed by atoms with E-state index < -0.39 is 39.8 Å². The summed E-state index contributed by atoms with van der Waals surface area (Å²) in [5, 5.41) is 5.32. The van der Waals surface area contributed by atoms with E-state index >= 15 is 0 Å². The van der Waals surface area contributed by atoms with E-state index in [0.29, 0.717) is 111 Å². The van der Waals surface area contributed by atoms with E-state index in [-0.39, 0.29) is 42.1 Å².